The zero-order chi connectivity index (χ0) is 11.9. The van der Waals surface area contributed by atoms with E-state index in [1.807, 2.05) is 30.5 Å². The molecule has 0 amide bonds. The lowest BCUT2D eigenvalue weighted by molar-refractivity contribution is 0.677. The highest BCUT2D eigenvalue weighted by Gasteiger charge is 2.12. The highest BCUT2D eigenvalue weighted by atomic mass is 32.1. The second-order valence-corrected chi connectivity index (χ2v) is 5.14. The van der Waals surface area contributed by atoms with Crippen LogP contribution in [0.5, 0.6) is 0 Å². The van der Waals surface area contributed by atoms with Crippen molar-refractivity contribution in [1.82, 2.24) is 15.0 Å². The standard InChI is InChI=1S/C13H9N3OS/c1-2-4-10-9(3-1)12-13(17-10)18-11(16-12)5-8-6-14-7-15-8/h1-4,6-7H,5H2,(H,14,15). The van der Waals surface area contributed by atoms with Crippen molar-refractivity contribution in [1.29, 1.82) is 0 Å². The van der Waals surface area contributed by atoms with Gasteiger partial charge in [0.05, 0.1) is 6.33 Å². The lowest BCUT2D eigenvalue weighted by atomic mass is 10.2. The first kappa shape index (κ1) is 9.85. The van der Waals surface area contributed by atoms with Crippen molar-refractivity contribution < 1.29 is 4.42 Å². The van der Waals surface area contributed by atoms with Crippen molar-refractivity contribution in [2.45, 2.75) is 6.42 Å². The van der Waals surface area contributed by atoms with Gasteiger partial charge in [0.25, 0.3) is 0 Å². The SMILES string of the molecule is c1ccc2c(c1)oc1sc(Cc3cnc[nH]3)nc12. The second kappa shape index (κ2) is 3.68. The average Bonchev–Trinajstić information content (AvgIpc) is 3.05. The quantitative estimate of drug-likeness (QED) is 0.597. The maximum absolute atomic E-state index is 5.78. The molecule has 88 valence electrons. The fourth-order valence-electron chi connectivity index (χ4n) is 2.06. The van der Waals surface area contributed by atoms with Crippen molar-refractivity contribution in [2.75, 3.05) is 0 Å². The summed E-state index contributed by atoms with van der Waals surface area (Å²) in [4.78, 5) is 12.6. The van der Waals surface area contributed by atoms with E-state index in [0.29, 0.717) is 0 Å². The predicted octanol–water partition coefficient (Wildman–Crippen LogP) is 3.36. The van der Waals surface area contributed by atoms with Crippen molar-refractivity contribution in [2.24, 2.45) is 0 Å². The monoisotopic (exact) mass is 255 g/mol. The molecular formula is C13H9N3OS. The molecule has 0 aliphatic heterocycles. The number of hydrogen-bond donors (Lipinski definition) is 1. The Balaban J connectivity index is 1.84. The number of nitrogens with one attached hydrogen (secondary N) is 1. The largest absolute Gasteiger partial charge is 0.444 e. The molecule has 1 aromatic carbocycles. The summed E-state index contributed by atoms with van der Waals surface area (Å²) in [6.07, 6.45) is 4.27. The fourth-order valence-corrected chi connectivity index (χ4v) is 3.02. The van der Waals surface area contributed by atoms with Gasteiger partial charge in [0.2, 0.25) is 4.90 Å². The summed E-state index contributed by atoms with van der Waals surface area (Å²) in [5.41, 5.74) is 2.93. The van der Waals surface area contributed by atoms with E-state index < -0.39 is 0 Å². The summed E-state index contributed by atoms with van der Waals surface area (Å²) in [5.74, 6) is 0. The maximum Gasteiger partial charge on any atom is 0.209 e. The molecule has 18 heavy (non-hydrogen) atoms. The first-order chi connectivity index (χ1) is 8.90. The van der Waals surface area contributed by atoms with Gasteiger partial charge in [0.1, 0.15) is 16.1 Å². The average molecular weight is 255 g/mol. The molecule has 5 heteroatoms. The summed E-state index contributed by atoms with van der Waals surface area (Å²) in [6.45, 7) is 0. The molecule has 3 aromatic heterocycles. The topological polar surface area (TPSA) is 54.7 Å². The highest BCUT2D eigenvalue weighted by Crippen LogP contribution is 2.32. The van der Waals surface area contributed by atoms with Crippen molar-refractivity contribution in [3.8, 4) is 0 Å². The molecular weight excluding hydrogens is 246 g/mol. The minimum atomic E-state index is 0.767. The summed E-state index contributed by atoms with van der Waals surface area (Å²) >= 11 is 1.60. The molecule has 1 N–H and O–H groups in total. The maximum atomic E-state index is 5.78. The molecule has 0 fully saturated rings. The normalized spacial score (nSPS) is 11.6. The van der Waals surface area contributed by atoms with Crippen LogP contribution in [-0.4, -0.2) is 15.0 Å². The third-order valence-corrected chi connectivity index (χ3v) is 3.82. The van der Waals surface area contributed by atoms with Gasteiger partial charge in [0, 0.05) is 23.7 Å². The van der Waals surface area contributed by atoms with Gasteiger partial charge in [-0.2, -0.15) is 0 Å². The summed E-state index contributed by atoms with van der Waals surface area (Å²) < 4.78 is 5.78. The molecule has 4 rings (SSSR count). The molecule has 0 atom stereocenters. The minimum Gasteiger partial charge on any atom is -0.444 e. The van der Waals surface area contributed by atoms with Gasteiger partial charge in [-0.3, -0.25) is 0 Å². The predicted molar refractivity (Wildman–Crippen MR) is 70.8 cm³/mol. The molecule has 3 heterocycles. The van der Waals surface area contributed by atoms with Crippen LogP contribution >= 0.6 is 11.3 Å². The van der Waals surface area contributed by atoms with Crippen LogP contribution in [0.15, 0.2) is 41.2 Å². The molecule has 0 spiro atoms. The number of para-hydroxylation sites is 1. The Morgan fingerprint density at radius 2 is 2.22 bits per heavy atom. The van der Waals surface area contributed by atoms with Gasteiger partial charge in [-0.25, -0.2) is 9.97 Å². The zero-order valence-corrected chi connectivity index (χ0v) is 10.2. The number of H-pyrrole nitrogens is 1. The van der Waals surface area contributed by atoms with Crippen LogP contribution in [0.4, 0.5) is 0 Å². The van der Waals surface area contributed by atoms with Crippen LogP contribution in [0.2, 0.25) is 0 Å². The van der Waals surface area contributed by atoms with E-state index in [0.717, 1.165) is 38.5 Å². The van der Waals surface area contributed by atoms with E-state index in [2.05, 4.69) is 15.0 Å². The lowest BCUT2D eigenvalue weighted by Crippen LogP contribution is -1.85. The van der Waals surface area contributed by atoms with Gasteiger partial charge in [-0.1, -0.05) is 23.5 Å². The molecule has 0 saturated carbocycles. The Morgan fingerprint density at radius 3 is 3.11 bits per heavy atom. The Kier molecular flexibility index (Phi) is 2.01. The van der Waals surface area contributed by atoms with Crippen molar-refractivity contribution in [3.63, 3.8) is 0 Å². The van der Waals surface area contributed by atoms with Crippen LogP contribution in [0, 0.1) is 0 Å². The number of benzene rings is 1. The highest BCUT2D eigenvalue weighted by molar-refractivity contribution is 7.18. The van der Waals surface area contributed by atoms with Gasteiger partial charge < -0.3 is 9.40 Å². The first-order valence-corrected chi connectivity index (χ1v) is 6.46. The van der Waals surface area contributed by atoms with E-state index >= 15 is 0 Å². The molecule has 0 radical (unpaired) electrons. The number of furan rings is 1. The Morgan fingerprint density at radius 1 is 1.28 bits per heavy atom. The molecule has 0 aliphatic rings. The van der Waals surface area contributed by atoms with Gasteiger partial charge in [-0.15, -0.1) is 0 Å². The van der Waals surface area contributed by atoms with Crippen LogP contribution < -0.4 is 0 Å². The fraction of sp³-hybridized carbons (Fsp3) is 0.0769. The van der Waals surface area contributed by atoms with E-state index in [9.17, 15) is 0 Å². The number of fused-ring (bicyclic) bond motifs is 3. The summed E-state index contributed by atoms with van der Waals surface area (Å²) in [6, 6.07) is 7.99. The molecule has 0 unspecified atom stereocenters. The number of nitrogens with zero attached hydrogens (tertiary/aromatic N) is 2. The molecule has 0 aliphatic carbocycles. The zero-order valence-electron chi connectivity index (χ0n) is 9.38. The third kappa shape index (κ3) is 1.44. The minimum absolute atomic E-state index is 0.767. The molecule has 0 saturated heterocycles. The number of thiazole rings is 1. The van der Waals surface area contributed by atoms with Crippen molar-refractivity contribution in [3.05, 3.63) is 47.5 Å². The van der Waals surface area contributed by atoms with E-state index in [1.54, 1.807) is 17.7 Å². The van der Waals surface area contributed by atoms with Gasteiger partial charge >= 0.3 is 0 Å². The van der Waals surface area contributed by atoms with Gasteiger partial charge in [-0.05, 0) is 12.1 Å². The Bertz CT molecular complexity index is 813. The van der Waals surface area contributed by atoms with Crippen LogP contribution in [0.25, 0.3) is 21.4 Å². The van der Waals surface area contributed by atoms with Crippen LogP contribution in [0.3, 0.4) is 0 Å². The third-order valence-electron chi connectivity index (χ3n) is 2.88. The summed E-state index contributed by atoms with van der Waals surface area (Å²) in [5, 5.41) is 2.12. The number of rotatable bonds is 2. The Hall–Kier alpha value is -2.14. The second-order valence-electron chi connectivity index (χ2n) is 4.10. The van der Waals surface area contributed by atoms with Gasteiger partial charge in [0.15, 0.2) is 0 Å². The number of aromatic amines is 1. The van der Waals surface area contributed by atoms with E-state index in [1.165, 1.54) is 0 Å². The van der Waals surface area contributed by atoms with Crippen LogP contribution in [-0.2, 0) is 6.42 Å². The number of aromatic nitrogens is 3. The van der Waals surface area contributed by atoms with Crippen molar-refractivity contribution >= 4 is 32.7 Å². The van der Waals surface area contributed by atoms with E-state index in [4.69, 9.17) is 4.42 Å². The van der Waals surface area contributed by atoms with Crippen LogP contribution in [0.1, 0.15) is 10.7 Å². The summed E-state index contributed by atoms with van der Waals surface area (Å²) in [7, 11) is 0. The Labute approximate surface area is 106 Å². The van der Waals surface area contributed by atoms with E-state index in [-0.39, 0.29) is 0 Å². The molecule has 4 nitrogen and oxygen atoms in total. The lowest BCUT2D eigenvalue weighted by Gasteiger charge is -1.90. The molecule has 0 bridgehead atoms. The first-order valence-electron chi connectivity index (χ1n) is 5.64. The molecule has 4 aromatic rings. The number of imidazole rings is 1. The smallest absolute Gasteiger partial charge is 0.209 e. The number of hydrogen-bond acceptors (Lipinski definition) is 4.